The number of aliphatic hydroxyl groups excluding tert-OH is 1. The smallest absolute Gasteiger partial charge is 0.329 e. The van der Waals surface area contributed by atoms with Crippen LogP contribution >= 0.6 is 0 Å². The third-order valence-corrected chi connectivity index (χ3v) is 3.26. The second kappa shape index (κ2) is 5.53. The number of hydrogen-bond donors (Lipinski definition) is 1. The van der Waals surface area contributed by atoms with Gasteiger partial charge in [0.15, 0.2) is 12.5 Å². The van der Waals surface area contributed by atoms with Crippen LogP contribution in [0.4, 0.5) is 15.0 Å². The fourth-order valence-corrected chi connectivity index (χ4v) is 2.13. The second-order valence-corrected chi connectivity index (χ2v) is 5.26. The van der Waals surface area contributed by atoms with Crippen molar-refractivity contribution in [2.75, 3.05) is 18.6 Å². The molecule has 116 valence electrons. The number of anilines is 1. The summed E-state index contributed by atoms with van der Waals surface area (Å²) < 4.78 is 19.3. The Balaban J connectivity index is 2.36. The zero-order valence-corrected chi connectivity index (χ0v) is 12.4. The van der Waals surface area contributed by atoms with Crippen LogP contribution in [0.3, 0.4) is 0 Å². The number of rotatable bonds is 4. The third-order valence-electron chi connectivity index (χ3n) is 3.26. The normalized spacial score (nSPS) is 23.0. The Hall–Kier alpha value is -1.80. The predicted molar refractivity (Wildman–Crippen MR) is 73.2 cm³/mol. The Labute approximate surface area is 122 Å². The Morgan fingerprint density at radius 1 is 1.48 bits per heavy atom. The summed E-state index contributed by atoms with van der Waals surface area (Å²) in [5.74, 6) is 0.136. The van der Waals surface area contributed by atoms with Gasteiger partial charge in [-0.15, -0.1) is 0 Å². The molecular weight excluding hydrogens is 279 g/mol. The fourth-order valence-electron chi connectivity index (χ4n) is 2.13. The maximum atomic E-state index is 14.0. The fraction of sp³-hybridized carbons (Fsp3) is 0.615. The molecule has 0 aliphatic carbocycles. The van der Waals surface area contributed by atoms with Gasteiger partial charge in [0.05, 0.1) is 5.69 Å². The number of ether oxygens (including phenoxy) is 1. The van der Waals surface area contributed by atoms with Crippen molar-refractivity contribution in [3.8, 4) is 0 Å². The summed E-state index contributed by atoms with van der Waals surface area (Å²) in [6.07, 6.45) is -0.841. The molecular formula is C13H19FN4O3. The lowest BCUT2D eigenvalue weighted by Gasteiger charge is -2.22. The SMILES string of the molecule is CCOC1C(O)N(c2cc(C(C)(C)F)ncn2)C(=O)N1C. The van der Waals surface area contributed by atoms with Crippen molar-refractivity contribution >= 4 is 11.8 Å². The molecule has 2 heterocycles. The molecule has 1 N–H and O–H groups in total. The lowest BCUT2D eigenvalue weighted by atomic mass is 10.1. The van der Waals surface area contributed by atoms with Gasteiger partial charge in [-0.1, -0.05) is 0 Å². The molecule has 2 amide bonds. The van der Waals surface area contributed by atoms with Gasteiger partial charge in [-0.05, 0) is 20.8 Å². The minimum Gasteiger partial charge on any atom is -0.369 e. The highest BCUT2D eigenvalue weighted by molar-refractivity contribution is 5.93. The first-order valence-electron chi connectivity index (χ1n) is 6.64. The molecule has 2 atom stereocenters. The topological polar surface area (TPSA) is 78.8 Å². The Morgan fingerprint density at radius 2 is 2.14 bits per heavy atom. The average Bonchev–Trinajstić information content (AvgIpc) is 2.62. The first kappa shape index (κ1) is 15.6. The molecule has 1 aromatic heterocycles. The van der Waals surface area contributed by atoms with E-state index in [0.717, 1.165) is 4.90 Å². The lowest BCUT2D eigenvalue weighted by Crippen LogP contribution is -2.38. The summed E-state index contributed by atoms with van der Waals surface area (Å²) in [5.41, 5.74) is -1.54. The van der Waals surface area contributed by atoms with E-state index in [1.165, 1.54) is 38.2 Å². The second-order valence-electron chi connectivity index (χ2n) is 5.26. The maximum absolute atomic E-state index is 14.0. The highest BCUT2D eigenvalue weighted by atomic mass is 19.1. The average molecular weight is 298 g/mol. The number of carbonyl (C=O) groups is 1. The number of likely N-dealkylation sites (N-methyl/N-ethyl adjacent to an activating group) is 1. The van der Waals surface area contributed by atoms with E-state index < -0.39 is 24.2 Å². The molecule has 7 nitrogen and oxygen atoms in total. The van der Waals surface area contributed by atoms with Crippen LogP contribution in [0.1, 0.15) is 26.5 Å². The molecule has 0 spiro atoms. The molecule has 0 saturated carbocycles. The molecule has 1 aliphatic heterocycles. The summed E-state index contributed by atoms with van der Waals surface area (Å²) >= 11 is 0. The molecule has 2 rings (SSSR count). The van der Waals surface area contributed by atoms with Gasteiger partial charge in [-0.25, -0.2) is 24.1 Å². The number of urea groups is 1. The van der Waals surface area contributed by atoms with Crippen molar-refractivity contribution in [3.05, 3.63) is 18.1 Å². The Bertz CT molecular complexity index is 534. The van der Waals surface area contributed by atoms with Crippen molar-refractivity contribution in [1.82, 2.24) is 14.9 Å². The highest BCUT2D eigenvalue weighted by Crippen LogP contribution is 2.29. The van der Waals surface area contributed by atoms with Crippen LogP contribution in [0, 0.1) is 0 Å². The summed E-state index contributed by atoms with van der Waals surface area (Å²) in [7, 11) is 1.52. The van der Waals surface area contributed by atoms with Gasteiger partial charge < -0.3 is 9.84 Å². The van der Waals surface area contributed by atoms with E-state index >= 15 is 0 Å². The Morgan fingerprint density at radius 3 is 2.71 bits per heavy atom. The van der Waals surface area contributed by atoms with Gasteiger partial charge in [0.2, 0.25) is 0 Å². The van der Waals surface area contributed by atoms with Gasteiger partial charge in [0.1, 0.15) is 17.8 Å². The lowest BCUT2D eigenvalue weighted by molar-refractivity contribution is -0.0688. The van der Waals surface area contributed by atoms with E-state index in [1.807, 2.05) is 0 Å². The van der Waals surface area contributed by atoms with E-state index in [-0.39, 0.29) is 11.5 Å². The summed E-state index contributed by atoms with van der Waals surface area (Å²) in [4.78, 5) is 22.4. The molecule has 1 aliphatic rings. The zero-order valence-electron chi connectivity index (χ0n) is 12.4. The van der Waals surface area contributed by atoms with Gasteiger partial charge in [-0.3, -0.25) is 4.90 Å². The standard InChI is InChI=1S/C13H19FN4O3/c1-5-21-11-10(19)18(12(20)17(11)4)9-6-8(13(2,3)14)15-7-16-9/h6-7,10-11,19H,5H2,1-4H3. The van der Waals surface area contributed by atoms with E-state index in [2.05, 4.69) is 9.97 Å². The summed E-state index contributed by atoms with van der Waals surface area (Å²) in [6.45, 7) is 4.83. The van der Waals surface area contributed by atoms with Crippen molar-refractivity contribution in [2.45, 2.75) is 38.9 Å². The number of halogens is 1. The predicted octanol–water partition coefficient (Wildman–Crippen LogP) is 1.23. The van der Waals surface area contributed by atoms with Crippen LogP contribution < -0.4 is 4.90 Å². The quantitative estimate of drug-likeness (QED) is 0.904. The molecule has 0 bridgehead atoms. The number of aliphatic hydroxyl groups is 1. The number of amides is 2. The number of hydrogen-bond acceptors (Lipinski definition) is 5. The molecule has 1 fully saturated rings. The number of nitrogens with zero attached hydrogens (tertiary/aromatic N) is 4. The van der Waals surface area contributed by atoms with Crippen LogP contribution in [0.5, 0.6) is 0 Å². The van der Waals surface area contributed by atoms with E-state index in [4.69, 9.17) is 4.74 Å². The van der Waals surface area contributed by atoms with Gasteiger partial charge in [-0.2, -0.15) is 0 Å². The van der Waals surface area contributed by atoms with Crippen molar-refractivity contribution in [1.29, 1.82) is 0 Å². The van der Waals surface area contributed by atoms with Crippen LogP contribution in [0.15, 0.2) is 12.4 Å². The van der Waals surface area contributed by atoms with Crippen molar-refractivity contribution in [2.24, 2.45) is 0 Å². The molecule has 21 heavy (non-hydrogen) atoms. The van der Waals surface area contributed by atoms with Crippen LogP contribution in [0.2, 0.25) is 0 Å². The molecule has 1 saturated heterocycles. The number of alkyl halides is 1. The summed E-state index contributed by atoms with van der Waals surface area (Å²) in [5, 5.41) is 10.3. The first-order chi connectivity index (χ1) is 9.77. The van der Waals surface area contributed by atoms with Crippen molar-refractivity contribution < 1.29 is 19.0 Å². The van der Waals surface area contributed by atoms with E-state index in [0.29, 0.717) is 6.61 Å². The highest BCUT2D eigenvalue weighted by Gasteiger charge is 2.45. The number of aromatic nitrogens is 2. The van der Waals surface area contributed by atoms with Crippen molar-refractivity contribution in [3.63, 3.8) is 0 Å². The third kappa shape index (κ3) is 2.81. The summed E-state index contributed by atoms with van der Waals surface area (Å²) in [6, 6.07) is 0.880. The van der Waals surface area contributed by atoms with Crippen LogP contribution in [0.25, 0.3) is 0 Å². The Kier molecular flexibility index (Phi) is 4.11. The van der Waals surface area contributed by atoms with Crippen LogP contribution in [-0.2, 0) is 10.4 Å². The molecule has 0 aromatic carbocycles. The zero-order chi connectivity index (χ0) is 15.8. The maximum Gasteiger partial charge on any atom is 0.329 e. The van der Waals surface area contributed by atoms with E-state index in [9.17, 15) is 14.3 Å². The molecule has 8 heteroatoms. The van der Waals surface area contributed by atoms with E-state index in [1.54, 1.807) is 6.92 Å². The van der Waals surface area contributed by atoms with Crippen LogP contribution in [-0.4, -0.2) is 52.1 Å². The van der Waals surface area contributed by atoms with Gasteiger partial charge in [0.25, 0.3) is 0 Å². The number of carbonyl (C=O) groups excluding carboxylic acids is 1. The van der Waals surface area contributed by atoms with Gasteiger partial charge >= 0.3 is 6.03 Å². The minimum atomic E-state index is -1.67. The molecule has 0 radical (unpaired) electrons. The molecule has 2 unspecified atom stereocenters. The largest absolute Gasteiger partial charge is 0.369 e. The first-order valence-corrected chi connectivity index (χ1v) is 6.64. The monoisotopic (exact) mass is 298 g/mol. The molecule has 1 aromatic rings. The minimum absolute atomic E-state index is 0.134. The van der Waals surface area contributed by atoms with Gasteiger partial charge in [0, 0.05) is 19.7 Å².